The zero-order chi connectivity index (χ0) is 12.6. The van der Waals surface area contributed by atoms with Gasteiger partial charge in [0.1, 0.15) is 0 Å². The van der Waals surface area contributed by atoms with Crippen molar-refractivity contribution in [2.45, 2.75) is 88.8 Å². The van der Waals surface area contributed by atoms with E-state index in [4.69, 9.17) is 0 Å². The van der Waals surface area contributed by atoms with Crippen molar-refractivity contribution in [2.75, 3.05) is 13.1 Å². The van der Waals surface area contributed by atoms with Crippen LogP contribution in [0.25, 0.3) is 0 Å². The van der Waals surface area contributed by atoms with Gasteiger partial charge < -0.3 is 5.32 Å². The minimum absolute atomic E-state index is 0.359. The normalized spacial score (nSPS) is 33.0. The van der Waals surface area contributed by atoms with E-state index in [1.54, 1.807) is 0 Å². The molecule has 0 amide bonds. The highest BCUT2D eigenvalue weighted by Crippen LogP contribution is 2.38. The number of nitrogens with zero attached hydrogens (tertiary/aromatic N) is 1. The highest BCUT2D eigenvalue weighted by molar-refractivity contribution is 5.05. The molecule has 1 saturated heterocycles. The molecule has 1 aliphatic heterocycles. The van der Waals surface area contributed by atoms with Crippen LogP contribution in [0.4, 0.5) is 0 Å². The summed E-state index contributed by atoms with van der Waals surface area (Å²) in [6, 6.07) is 0.876. The summed E-state index contributed by atoms with van der Waals surface area (Å²) in [6.07, 6.45) is 12.9. The molecule has 2 heteroatoms. The van der Waals surface area contributed by atoms with Crippen LogP contribution in [0.3, 0.4) is 0 Å². The first-order valence-electron chi connectivity index (χ1n) is 8.13. The van der Waals surface area contributed by atoms with Gasteiger partial charge >= 0.3 is 0 Å². The molecule has 0 unspecified atom stereocenters. The molecule has 1 heterocycles. The van der Waals surface area contributed by atoms with E-state index in [0.29, 0.717) is 11.1 Å². The minimum atomic E-state index is 0.359. The zero-order valence-corrected chi connectivity index (χ0v) is 12.3. The van der Waals surface area contributed by atoms with Crippen LogP contribution in [0, 0.1) is 0 Å². The van der Waals surface area contributed by atoms with Gasteiger partial charge in [-0.1, -0.05) is 32.1 Å². The first-order chi connectivity index (χ1) is 8.61. The monoisotopic (exact) mass is 250 g/mol. The summed E-state index contributed by atoms with van der Waals surface area (Å²) in [6.45, 7) is 7.37. The van der Waals surface area contributed by atoms with Crippen molar-refractivity contribution in [2.24, 2.45) is 0 Å². The molecule has 2 aliphatic carbocycles. The van der Waals surface area contributed by atoms with Gasteiger partial charge in [-0.3, -0.25) is 4.90 Å². The second kappa shape index (κ2) is 4.79. The number of nitrogens with one attached hydrogen (secondary N) is 1. The fourth-order valence-corrected chi connectivity index (χ4v) is 4.50. The summed E-state index contributed by atoms with van der Waals surface area (Å²) in [5.74, 6) is 0. The summed E-state index contributed by atoms with van der Waals surface area (Å²) >= 11 is 0. The lowest BCUT2D eigenvalue weighted by atomic mass is 9.77. The number of hydrogen-bond acceptors (Lipinski definition) is 2. The molecule has 3 rings (SSSR count). The lowest BCUT2D eigenvalue weighted by Crippen LogP contribution is -2.70. The van der Waals surface area contributed by atoms with E-state index in [9.17, 15) is 0 Å². The van der Waals surface area contributed by atoms with Crippen molar-refractivity contribution in [1.29, 1.82) is 0 Å². The van der Waals surface area contributed by atoms with Crippen molar-refractivity contribution < 1.29 is 0 Å². The van der Waals surface area contributed by atoms with Crippen LogP contribution in [-0.4, -0.2) is 35.1 Å². The third-order valence-electron chi connectivity index (χ3n) is 5.72. The predicted octanol–water partition coefficient (Wildman–Crippen LogP) is 3.32. The fraction of sp³-hybridized carbons (Fsp3) is 1.00. The van der Waals surface area contributed by atoms with Crippen molar-refractivity contribution in [1.82, 2.24) is 10.2 Å². The van der Waals surface area contributed by atoms with E-state index in [-0.39, 0.29) is 0 Å². The second-order valence-electron chi connectivity index (χ2n) is 7.57. The molecule has 3 fully saturated rings. The molecule has 0 aromatic rings. The van der Waals surface area contributed by atoms with Gasteiger partial charge in [0.05, 0.1) is 0 Å². The van der Waals surface area contributed by atoms with Gasteiger partial charge in [0, 0.05) is 30.2 Å². The maximum absolute atomic E-state index is 3.94. The molecule has 0 aromatic heterocycles. The van der Waals surface area contributed by atoms with Gasteiger partial charge in [0.25, 0.3) is 0 Å². The van der Waals surface area contributed by atoms with Crippen LogP contribution in [0.2, 0.25) is 0 Å². The summed E-state index contributed by atoms with van der Waals surface area (Å²) < 4.78 is 0. The predicted molar refractivity (Wildman–Crippen MR) is 76.9 cm³/mol. The van der Waals surface area contributed by atoms with E-state index in [1.807, 2.05) is 0 Å². The summed E-state index contributed by atoms with van der Waals surface area (Å²) in [5.41, 5.74) is 0.827. The molecular weight excluding hydrogens is 220 g/mol. The van der Waals surface area contributed by atoms with Crippen LogP contribution in [0.1, 0.15) is 71.6 Å². The molecular formula is C16H30N2. The van der Waals surface area contributed by atoms with Gasteiger partial charge in [0.2, 0.25) is 0 Å². The quantitative estimate of drug-likeness (QED) is 0.768. The Hall–Kier alpha value is -0.0800. The standard InChI is InChI=1S/C16H30N2/c1-15(2)12-17-16(10-6-3-7-11-16)13-18(15)14-8-4-5-9-14/h14,17H,3-13H2,1-2H3. The van der Waals surface area contributed by atoms with Gasteiger partial charge in [0.15, 0.2) is 0 Å². The van der Waals surface area contributed by atoms with E-state index < -0.39 is 0 Å². The van der Waals surface area contributed by atoms with E-state index in [0.717, 1.165) is 6.04 Å². The molecule has 1 N–H and O–H groups in total. The van der Waals surface area contributed by atoms with Crippen molar-refractivity contribution in [3.63, 3.8) is 0 Å². The van der Waals surface area contributed by atoms with Crippen molar-refractivity contribution in [3.05, 3.63) is 0 Å². The highest BCUT2D eigenvalue weighted by atomic mass is 15.3. The van der Waals surface area contributed by atoms with Gasteiger partial charge in [-0.15, -0.1) is 0 Å². The Balaban J connectivity index is 1.75. The molecule has 0 bridgehead atoms. The second-order valence-corrected chi connectivity index (χ2v) is 7.57. The Bertz CT molecular complexity index is 285. The molecule has 104 valence electrons. The Morgan fingerprint density at radius 1 is 0.944 bits per heavy atom. The average Bonchev–Trinajstić information content (AvgIpc) is 2.88. The van der Waals surface area contributed by atoms with Gasteiger partial charge in [-0.25, -0.2) is 0 Å². The van der Waals surface area contributed by atoms with E-state index >= 15 is 0 Å². The largest absolute Gasteiger partial charge is 0.308 e. The third-order valence-corrected chi connectivity index (χ3v) is 5.72. The van der Waals surface area contributed by atoms with Gasteiger partial charge in [-0.05, 0) is 39.5 Å². The Labute approximate surface area is 113 Å². The Kier molecular flexibility index (Phi) is 3.44. The topological polar surface area (TPSA) is 15.3 Å². The smallest absolute Gasteiger partial charge is 0.0309 e. The summed E-state index contributed by atoms with van der Waals surface area (Å²) in [5, 5.41) is 3.94. The summed E-state index contributed by atoms with van der Waals surface area (Å²) in [7, 11) is 0. The maximum Gasteiger partial charge on any atom is 0.0309 e. The molecule has 2 nitrogen and oxygen atoms in total. The fourth-order valence-electron chi connectivity index (χ4n) is 4.50. The Morgan fingerprint density at radius 3 is 2.28 bits per heavy atom. The summed E-state index contributed by atoms with van der Waals surface area (Å²) in [4.78, 5) is 2.88. The molecule has 0 atom stereocenters. The number of hydrogen-bond donors (Lipinski definition) is 1. The molecule has 18 heavy (non-hydrogen) atoms. The molecule has 2 saturated carbocycles. The molecule has 1 spiro atoms. The lowest BCUT2D eigenvalue weighted by Gasteiger charge is -2.55. The molecule has 0 radical (unpaired) electrons. The number of piperazine rings is 1. The van der Waals surface area contributed by atoms with Crippen LogP contribution in [-0.2, 0) is 0 Å². The number of rotatable bonds is 1. The van der Waals surface area contributed by atoms with Crippen molar-refractivity contribution >= 4 is 0 Å². The first-order valence-corrected chi connectivity index (χ1v) is 8.13. The first kappa shape index (κ1) is 12.9. The maximum atomic E-state index is 3.94. The van der Waals surface area contributed by atoms with Crippen LogP contribution in [0.5, 0.6) is 0 Å². The van der Waals surface area contributed by atoms with Crippen LogP contribution >= 0.6 is 0 Å². The van der Waals surface area contributed by atoms with E-state index in [1.165, 1.54) is 70.9 Å². The van der Waals surface area contributed by atoms with Crippen LogP contribution in [0.15, 0.2) is 0 Å². The van der Waals surface area contributed by atoms with Crippen molar-refractivity contribution in [3.8, 4) is 0 Å². The SMILES string of the molecule is CC1(C)CNC2(CCCCC2)CN1C1CCCC1. The Morgan fingerprint density at radius 2 is 1.61 bits per heavy atom. The van der Waals surface area contributed by atoms with Gasteiger partial charge in [-0.2, -0.15) is 0 Å². The average molecular weight is 250 g/mol. The molecule has 3 aliphatic rings. The third kappa shape index (κ3) is 2.34. The molecule has 0 aromatic carbocycles. The zero-order valence-electron chi connectivity index (χ0n) is 12.3. The highest BCUT2D eigenvalue weighted by Gasteiger charge is 2.45. The van der Waals surface area contributed by atoms with Crippen LogP contribution < -0.4 is 5.32 Å². The van der Waals surface area contributed by atoms with E-state index in [2.05, 4.69) is 24.1 Å². The lowest BCUT2D eigenvalue weighted by molar-refractivity contribution is -0.0180. The minimum Gasteiger partial charge on any atom is -0.308 e.